The van der Waals surface area contributed by atoms with E-state index in [2.05, 4.69) is 62.1 Å². The number of aromatic nitrogens is 7. The van der Waals surface area contributed by atoms with E-state index in [9.17, 15) is 69.3 Å². The first kappa shape index (κ1) is 118. The molecule has 6 heterocycles. The summed E-state index contributed by atoms with van der Waals surface area (Å²) in [6, 6.07) is 24.5. The molecule has 2 atom stereocenters. The van der Waals surface area contributed by atoms with Gasteiger partial charge < -0.3 is 124 Å². The van der Waals surface area contributed by atoms with Crippen LogP contribution < -0.4 is 67.2 Å². The number of aromatic amines is 1. The molecule has 0 saturated carbocycles. The molecule has 0 fully saturated rings. The van der Waals surface area contributed by atoms with Gasteiger partial charge in [-0.1, -0.05) is 71.8 Å². The second-order valence-electron chi connectivity index (χ2n) is 36.4. The normalized spacial score (nSPS) is 14.2. The van der Waals surface area contributed by atoms with E-state index >= 15 is 0 Å². The van der Waals surface area contributed by atoms with E-state index in [4.69, 9.17) is 83.7 Å². The molecule has 0 bridgehead atoms. The van der Waals surface area contributed by atoms with Crippen molar-refractivity contribution in [2.24, 2.45) is 0 Å². The van der Waals surface area contributed by atoms with Gasteiger partial charge in [0.1, 0.15) is 55.1 Å². The van der Waals surface area contributed by atoms with Crippen molar-refractivity contribution in [3.8, 4) is 17.4 Å². The SMILES string of the molecule is CN1c2cc3c(cc2C(CS(=O)(=O)O)=CC1(C)C)C(c1ccc(C(=O)NCc2cn(CC(NC(=O)CCCC(=O)NCCCCCP(=O)(O)CCCNCc4ccc(Cl)cc4)C(=O)NCOCCOCCOCCOCCOCCOCCOCCOCCOCCOCCOCCOCCC(=O)NCc4ccc(COc5nc(N)nc6[nH]cnc56)cc4)nn2)cc1C(=O)O)=c1cc2c(cc1O3)=[N+](C)C(C)(C)C=C2CS(=O)(=O)O. The molecule has 2 unspecified atom stereocenters. The van der Waals surface area contributed by atoms with Gasteiger partial charge >= 0.3 is 5.97 Å². The van der Waals surface area contributed by atoms with Crippen molar-refractivity contribution in [1.29, 1.82) is 0 Å². The number of benzene rings is 5. The number of hydrogen-bond acceptors (Lipinski definition) is 33. The maximum atomic E-state index is 14.2. The maximum Gasteiger partial charge on any atom is 0.336 e. The number of ether oxygens (including phenoxy) is 14. The molecule has 0 spiro atoms. The van der Waals surface area contributed by atoms with E-state index in [1.165, 1.54) is 35.4 Å². The van der Waals surface area contributed by atoms with Gasteiger partial charge in [0.15, 0.2) is 16.7 Å². The monoisotopic (exact) mass is 2160 g/mol. The molecule has 5 aromatic carbocycles. The summed E-state index contributed by atoms with van der Waals surface area (Å²) >= 11 is 5.97. The lowest BCUT2D eigenvalue weighted by Gasteiger charge is -2.41. The van der Waals surface area contributed by atoms with Crippen LogP contribution in [0.1, 0.15) is 144 Å². The largest absolute Gasteiger partial charge is 0.478 e. The highest BCUT2D eigenvalue weighted by atomic mass is 35.5. The van der Waals surface area contributed by atoms with Gasteiger partial charge in [-0.2, -0.15) is 26.8 Å². The third-order valence-electron chi connectivity index (χ3n) is 24.1. The number of carbonyl (C=O) groups is 6. The average Bonchev–Trinajstić information content (AvgIpc) is 0.798. The van der Waals surface area contributed by atoms with Crippen LogP contribution in [-0.4, -0.2) is 333 Å². The Morgan fingerprint density at radius 2 is 1.12 bits per heavy atom. The van der Waals surface area contributed by atoms with Gasteiger partial charge in [0.25, 0.3) is 26.1 Å². The molecule has 3 aliphatic rings. The number of amides is 5. The highest BCUT2D eigenvalue weighted by Crippen LogP contribution is 2.48. The van der Waals surface area contributed by atoms with Crippen LogP contribution in [0.4, 0.5) is 11.6 Å². The summed E-state index contributed by atoms with van der Waals surface area (Å²) < 4.78 is 167. The zero-order valence-corrected chi connectivity index (χ0v) is 88.0. The Hall–Kier alpha value is -11.3. The maximum absolute atomic E-state index is 14.2. The van der Waals surface area contributed by atoms with Crippen LogP contribution in [0.3, 0.4) is 0 Å². The van der Waals surface area contributed by atoms with Gasteiger partial charge in [0, 0.05) is 116 Å². The van der Waals surface area contributed by atoms with Gasteiger partial charge in [-0.25, -0.2) is 19.0 Å². The minimum absolute atomic E-state index is 0.0121. The van der Waals surface area contributed by atoms with Gasteiger partial charge in [-0.3, -0.25) is 37.6 Å². The van der Waals surface area contributed by atoms with Crippen molar-refractivity contribution >= 4 is 114 Å². The zero-order chi connectivity index (χ0) is 107. The molecule has 13 N–H and O–H groups in total. The molecule has 149 heavy (non-hydrogen) atoms. The number of imidazole rings is 1. The van der Waals surface area contributed by atoms with Crippen molar-refractivity contribution in [3.05, 3.63) is 187 Å². The molecule has 49 heteroatoms. The number of likely N-dealkylation sites (N-methyl/N-ethyl adjacent to an activating group) is 2. The van der Waals surface area contributed by atoms with Crippen LogP contribution in [0.5, 0.6) is 17.4 Å². The quantitative estimate of drug-likeness (QED) is 0.00705. The fourth-order valence-corrected chi connectivity index (χ4v) is 19.1. The Kier molecular flexibility index (Phi) is 47.1. The summed E-state index contributed by atoms with van der Waals surface area (Å²) in [6.07, 6.45) is 9.11. The highest BCUT2D eigenvalue weighted by Gasteiger charge is 2.39. The Bertz CT molecular complexity index is 6280. The predicted octanol–water partition coefficient (Wildman–Crippen LogP) is 5.80. The Labute approximate surface area is 870 Å². The first-order valence-electron chi connectivity index (χ1n) is 49.2. The number of halogens is 1. The molecule has 5 amide bonds. The topological polar surface area (TPSA) is 588 Å². The third kappa shape index (κ3) is 39.8. The number of fused-ring (bicyclic) bond motifs is 5. The minimum Gasteiger partial charge on any atom is -0.478 e. The fourth-order valence-electron chi connectivity index (χ4n) is 16.1. The van der Waals surface area contributed by atoms with E-state index in [0.29, 0.717) is 215 Å². The summed E-state index contributed by atoms with van der Waals surface area (Å²) in [5, 5.41) is 38.1. The Balaban J connectivity index is 0.545. The van der Waals surface area contributed by atoms with Crippen molar-refractivity contribution in [2.45, 2.75) is 129 Å². The number of aromatic carboxylic acids is 1. The molecule has 45 nitrogen and oxygen atoms in total. The Morgan fingerprint density at radius 3 is 1.72 bits per heavy atom. The second-order valence-corrected chi connectivity index (χ2v) is 42.3. The number of carbonyl (C=O) groups excluding carboxylic acids is 5. The number of carboxylic acid groups (broad SMARTS) is 1. The molecule has 0 radical (unpaired) electrons. The number of anilines is 2. The second kappa shape index (κ2) is 59.5. The lowest BCUT2D eigenvalue weighted by atomic mass is 9.83. The van der Waals surface area contributed by atoms with E-state index < -0.39 is 79.9 Å². The average molecular weight is 2160 g/mol. The first-order chi connectivity index (χ1) is 71.4. The molecule has 0 saturated heterocycles. The summed E-state index contributed by atoms with van der Waals surface area (Å²) in [6.45, 7) is 16.6. The number of hydrogen-bond donors (Lipinski definition) is 12. The number of nitrogens with zero attached hydrogens (tertiary/aromatic N) is 8. The van der Waals surface area contributed by atoms with Crippen molar-refractivity contribution in [2.75, 3.05) is 220 Å². The molecule has 814 valence electrons. The molecule has 0 aliphatic carbocycles. The summed E-state index contributed by atoms with van der Waals surface area (Å²) in [5.41, 5.74) is 10.1. The zero-order valence-electron chi connectivity index (χ0n) is 84.7. The lowest BCUT2D eigenvalue weighted by Crippen LogP contribution is -2.49. The number of unbranched alkanes of at least 4 members (excludes halogenated alkanes) is 2. The predicted molar refractivity (Wildman–Crippen MR) is 552 cm³/mol. The van der Waals surface area contributed by atoms with E-state index in [-0.39, 0.29) is 177 Å². The van der Waals surface area contributed by atoms with Crippen molar-refractivity contribution in [3.63, 3.8) is 0 Å². The van der Waals surface area contributed by atoms with Gasteiger partial charge in [-0.15, -0.1) is 5.10 Å². The summed E-state index contributed by atoms with van der Waals surface area (Å²) in [4.78, 5) is 109. The first-order valence-corrected chi connectivity index (χ1v) is 54.8. The van der Waals surface area contributed by atoms with Gasteiger partial charge in [0.05, 0.1) is 200 Å². The fraction of sp³-hybridized carbons (Fsp3) is 0.520. The molecule has 11 rings (SSSR count). The number of rotatable bonds is 72. The highest BCUT2D eigenvalue weighted by molar-refractivity contribution is 7.86. The van der Waals surface area contributed by atoms with E-state index in [1.54, 1.807) is 50.5 Å². The molecular formula is C100H137ClN16O29PS2+. The minimum atomic E-state index is -4.62. The van der Waals surface area contributed by atoms with E-state index in [0.717, 1.165) is 16.7 Å². The van der Waals surface area contributed by atoms with Crippen molar-refractivity contribution < 1.29 is 136 Å². The number of nitrogens with one attached hydrogen (secondary N) is 7. The van der Waals surface area contributed by atoms with Crippen LogP contribution in [0.2, 0.25) is 5.02 Å². The van der Waals surface area contributed by atoms with Gasteiger partial charge in [0.2, 0.25) is 48.2 Å². The number of H-pyrrole nitrogens is 1. The standard InChI is InChI=1S/C100H136ClN16O29PS2/c1-99(2)57-73(65-148(127,128)129)78-53-81-86(55-84(78)115(99)5)146-87-56-85-79(74(66-149(130,131)132)58-100(3,4)116(85)6)54-82(87)91(81)77-23-20-72(52-80(77)97(123)124)94(121)106-61-76-62-117(114-113-76)63-83(110-90(120)13-10-12-88(118)104-26-8-7-9-50-147(125,126)51-11-25-103-59-69-18-21-75(101)22-19-69)95(122)109-68-144-49-48-143-47-46-142-45-44-141-43-42-140-41-40-139-39-38-138-37-36-137-35-34-136-33-32-135-31-30-134-29-28-133-27-24-89(119)105-60-70-14-16-71(17-15-70)64-145-96-92-93(108-67-107-92)111-98(102)112-96/h14-23,52-58,62,67,83,102-103,106H,7-13,24-51,59-61,63-66,68H2,1-6H3,(H9,104,105,109,110,118,119,120,121,122,123,124,125,126,127,128,129,130,131,132)/p+1. The molecule has 3 aliphatic heterocycles. The molecular weight excluding hydrogens is 2020 g/mol. The number of nitrogen functional groups attached to an aromatic ring is 1. The Morgan fingerprint density at radius 1 is 0.570 bits per heavy atom. The van der Waals surface area contributed by atoms with Crippen molar-refractivity contribution in [1.82, 2.24) is 71.4 Å². The lowest BCUT2D eigenvalue weighted by molar-refractivity contribution is -0.130. The van der Waals surface area contributed by atoms with Crippen LogP contribution in [0.15, 0.2) is 116 Å². The summed E-state index contributed by atoms with van der Waals surface area (Å²) in [5.74, 6) is -4.61. The van der Waals surface area contributed by atoms with Gasteiger partial charge in [-0.05, 0) is 122 Å². The van der Waals surface area contributed by atoms with Crippen LogP contribution in [0, 0.1) is 0 Å². The molecule has 8 aromatic rings. The van der Waals surface area contributed by atoms with Crippen LogP contribution >= 0.6 is 19.0 Å². The smallest absolute Gasteiger partial charge is 0.336 e. The number of carboxylic acids is 1. The van der Waals surface area contributed by atoms with Crippen LogP contribution in [-0.2, 0) is 134 Å². The third-order valence-corrected chi connectivity index (χ3v) is 27.8. The number of nitrogens with two attached hydrogens (primary N) is 1. The van der Waals surface area contributed by atoms with E-state index in [1.807, 2.05) is 85.7 Å². The molecule has 3 aromatic heterocycles. The van der Waals surface area contributed by atoms with Crippen LogP contribution in [0.25, 0.3) is 27.9 Å². The summed E-state index contributed by atoms with van der Waals surface area (Å²) in [7, 11) is -8.97.